The van der Waals surface area contributed by atoms with Crippen LogP contribution in [-0.2, 0) is 0 Å². The number of nitrogens with zero attached hydrogens (tertiary/aromatic N) is 1. The van der Waals surface area contributed by atoms with Crippen molar-refractivity contribution in [1.82, 2.24) is 10.3 Å². The van der Waals surface area contributed by atoms with Gasteiger partial charge in [0.2, 0.25) is 0 Å². The van der Waals surface area contributed by atoms with E-state index in [0.717, 1.165) is 13.0 Å². The molecular weight excluding hydrogens is 184 g/mol. The molecule has 1 rings (SSSR count). The maximum Gasteiger partial charge on any atom is 0.0573 e. The zero-order chi connectivity index (χ0) is 11.1. The zero-order valence-electron chi connectivity index (χ0n) is 10.0. The van der Waals surface area contributed by atoms with E-state index in [1.807, 2.05) is 12.3 Å². The lowest BCUT2D eigenvalue weighted by Crippen LogP contribution is -2.26. The molecule has 1 atom stereocenters. The summed E-state index contributed by atoms with van der Waals surface area (Å²) in [7, 11) is 0. The number of rotatable bonds is 6. The van der Waals surface area contributed by atoms with Gasteiger partial charge in [-0.05, 0) is 31.0 Å². The van der Waals surface area contributed by atoms with Gasteiger partial charge in [-0.25, -0.2) is 0 Å². The first-order valence-corrected chi connectivity index (χ1v) is 5.88. The maximum absolute atomic E-state index is 4.41. The highest BCUT2D eigenvalue weighted by Gasteiger charge is 2.10. The number of hydrogen-bond acceptors (Lipinski definition) is 2. The summed E-state index contributed by atoms with van der Waals surface area (Å²) in [5.41, 5.74) is 1.17. The van der Waals surface area contributed by atoms with Gasteiger partial charge >= 0.3 is 0 Å². The molecule has 0 aromatic carbocycles. The molecule has 0 amide bonds. The molecule has 0 radical (unpaired) electrons. The first-order chi connectivity index (χ1) is 7.24. The standard InChI is InChI=1S/C13H22N2/c1-4-7-12(15-10-11(2)3)13-8-5-6-9-14-13/h5-6,8-9,11-12,15H,4,7,10H2,1-3H3. The summed E-state index contributed by atoms with van der Waals surface area (Å²) in [6, 6.07) is 6.54. The molecule has 0 fully saturated rings. The third-order valence-electron chi connectivity index (χ3n) is 2.39. The van der Waals surface area contributed by atoms with Crippen LogP contribution in [0.5, 0.6) is 0 Å². The van der Waals surface area contributed by atoms with Gasteiger partial charge in [0.25, 0.3) is 0 Å². The first kappa shape index (κ1) is 12.2. The summed E-state index contributed by atoms with van der Waals surface area (Å²) in [6.45, 7) is 7.73. The molecule has 2 heteroatoms. The van der Waals surface area contributed by atoms with Gasteiger partial charge in [-0.1, -0.05) is 33.3 Å². The van der Waals surface area contributed by atoms with Crippen molar-refractivity contribution in [1.29, 1.82) is 0 Å². The van der Waals surface area contributed by atoms with Gasteiger partial charge in [0.1, 0.15) is 0 Å². The Morgan fingerprint density at radius 2 is 2.13 bits per heavy atom. The monoisotopic (exact) mass is 206 g/mol. The van der Waals surface area contributed by atoms with Gasteiger partial charge < -0.3 is 5.32 Å². The first-order valence-electron chi connectivity index (χ1n) is 5.88. The zero-order valence-corrected chi connectivity index (χ0v) is 10.0. The second kappa shape index (κ2) is 6.57. The van der Waals surface area contributed by atoms with E-state index in [-0.39, 0.29) is 0 Å². The van der Waals surface area contributed by atoms with Crippen LogP contribution in [0.4, 0.5) is 0 Å². The molecule has 84 valence electrons. The summed E-state index contributed by atoms with van der Waals surface area (Å²) in [5.74, 6) is 0.688. The third-order valence-corrected chi connectivity index (χ3v) is 2.39. The molecule has 1 heterocycles. The Morgan fingerprint density at radius 3 is 2.67 bits per heavy atom. The van der Waals surface area contributed by atoms with Gasteiger partial charge in [-0.2, -0.15) is 0 Å². The van der Waals surface area contributed by atoms with E-state index < -0.39 is 0 Å². The fourth-order valence-electron chi connectivity index (χ4n) is 1.60. The van der Waals surface area contributed by atoms with Gasteiger partial charge in [-0.3, -0.25) is 4.98 Å². The SMILES string of the molecule is CCCC(NCC(C)C)c1ccccn1. The highest BCUT2D eigenvalue weighted by Crippen LogP contribution is 2.15. The molecule has 0 spiro atoms. The molecule has 1 aromatic rings. The maximum atomic E-state index is 4.41. The van der Waals surface area contributed by atoms with Crippen molar-refractivity contribution >= 4 is 0 Å². The number of nitrogens with one attached hydrogen (secondary N) is 1. The lowest BCUT2D eigenvalue weighted by atomic mass is 10.1. The Morgan fingerprint density at radius 1 is 1.33 bits per heavy atom. The normalized spacial score (nSPS) is 13.1. The van der Waals surface area contributed by atoms with Crippen molar-refractivity contribution in [2.45, 2.75) is 39.7 Å². The van der Waals surface area contributed by atoms with E-state index in [0.29, 0.717) is 12.0 Å². The fraction of sp³-hybridized carbons (Fsp3) is 0.615. The van der Waals surface area contributed by atoms with Crippen LogP contribution >= 0.6 is 0 Å². The molecule has 0 aliphatic carbocycles. The molecule has 0 aliphatic heterocycles. The van der Waals surface area contributed by atoms with Crippen molar-refractivity contribution in [3.05, 3.63) is 30.1 Å². The van der Waals surface area contributed by atoms with Gasteiger partial charge in [0.05, 0.1) is 5.69 Å². The van der Waals surface area contributed by atoms with Crippen LogP contribution in [-0.4, -0.2) is 11.5 Å². The predicted molar refractivity (Wildman–Crippen MR) is 64.7 cm³/mol. The quantitative estimate of drug-likeness (QED) is 0.773. The van der Waals surface area contributed by atoms with Gasteiger partial charge in [0, 0.05) is 12.2 Å². The van der Waals surface area contributed by atoms with Crippen LogP contribution in [0.25, 0.3) is 0 Å². The Hall–Kier alpha value is -0.890. The Labute approximate surface area is 93.1 Å². The molecule has 2 nitrogen and oxygen atoms in total. The van der Waals surface area contributed by atoms with Crippen LogP contribution in [0.2, 0.25) is 0 Å². The van der Waals surface area contributed by atoms with Crippen molar-refractivity contribution in [3.63, 3.8) is 0 Å². The lowest BCUT2D eigenvalue weighted by molar-refractivity contribution is 0.442. The third kappa shape index (κ3) is 4.43. The largest absolute Gasteiger partial charge is 0.308 e. The summed E-state index contributed by atoms with van der Waals surface area (Å²) < 4.78 is 0. The van der Waals surface area contributed by atoms with Crippen molar-refractivity contribution < 1.29 is 0 Å². The predicted octanol–water partition coefficient (Wildman–Crippen LogP) is 3.17. The van der Waals surface area contributed by atoms with E-state index in [2.05, 4.69) is 43.2 Å². The van der Waals surface area contributed by atoms with Crippen molar-refractivity contribution in [2.24, 2.45) is 5.92 Å². The van der Waals surface area contributed by atoms with Crippen LogP contribution in [0.3, 0.4) is 0 Å². The van der Waals surface area contributed by atoms with E-state index in [4.69, 9.17) is 0 Å². The van der Waals surface area contributed by atoms with Gasteiger partial charge in [0.15, 0.2) is 0 Å². The van der Waals surface area contributed by atoms with Crippen LogP contribution in [0.1, 0.15) is 45.3 Å². The average Bonchev–Trinajstić information content (AvgIpc) is 2.25. The number of pyridine rings is 1. The lowest BCUT2D eigenvalue weighted by Gasteiger charge is -2.18. The topological polar surface area (TPSA) is 24.9 Å². The highest BCUT2D eigenvalue weighted by atomic mass is 14.9. The molecule has 1 N–H and O–H groups in total. The van der Waals surface area contributed by atoms with E-state index >= 15 is 0 Å². The molecule has 0 saturated heterocycles. The van der Waals surface area contributed by atoms with Crippen LogP contribution < -0.4 is 5.32 Å². The minimum Gasteiger partial charge on any atom is -0.308 e. The van der Waals surface area contributed by atoms with Gasteiger partial charge in [-0.15, -0.1) is 0 Å². The summed E-state index contributed by atoms with van der Waals surface area (Å²) in [5, 5.41) is 3.57. The average molecular weight is 206 g/mol. The number of hydrogen-bond donors (Lipinski definition) is 1. The molecule has 1 aromatic heterocycles. The Bertz CT molecular complexity index is 256. The van der Waals surface area contributed by atoms with Crippen LogP contribution in [0.15, 0.2) is 24.4 Å². The second-order valence-electron chi connectivity index (χ2n) is 4.40. The molecular formula is C13H22N2. The van der Waals surface area contributed by atoms with Crippen molar-refractivity contribution in [3.8, 4) is 0 Å². The molecule has 15 heavy (non-hydrogen) atoms. The highest BCUT2D eigenvalue weighted by molar-refractivity contribution is 5.08. The molecule has 0 aliphatic rings. The fourth-order valence-corrected chi connectivity index (χ4v) is 1.60. The minimum absolute atomic E-state index is 0.415. The van der Waals surface area contributed by atoms with Crippen molar-refractivity contribution in [2.75, 3.05) is 6.54 Å². The van der Waals surface area contributed by atoms with E-state index in [9.17, 15) is 0 Å². The van der Waals surface area contributed by atoms with Crippen LogP contribution in [0, 0.1) is 5.92 Å². The Balaban J connectivity index is 2.57. The molecule has 1 unspecified atom stereocenters. The summed E-state index contributed by atoms with van der Waals surface area (Å²) in [4.78, 5) is 4.41. The summed E-state index contributed by atoms with van der Waals surface area (Å²) >= 11 is 0. The number of aromatic nitrogens is 1. The van der Waals surface area contributed by atoms with E-state index in [1.54, 1.807) is 0 Å². The molecule has 0 bridgehead atoms. The Kier molecular flexibility index (Phi) is 5.33. The molecule has 0 saturated carbocycles. The van der Waals surface area contributed by atoms with E-state index in [1.165, 1.54) is 12.1 Å². The smallest absolute Gasteiger partial charge is 0.0573 e. The second-order valence-corrected chi connectivity index (χ2v) is 4.40. The minimum atomic E-state index is 0.415. The summed E-state index contributed by atoms with van der Waals surface area (Å²) in [6.07, 6.45) is 4.21.